The lowest BCUT2D eigenvalue weighted by Crippen LogP contribution is -1.92. The van der Waals surface area contributed by atoms with Gasteiger partial charge in [-0.1, -0.05) is 42.5 Å². The topological polar surface area (TPSA) is 17.1 Å². The van der Waals surface area contributed by atoms with E-state index in [1.54, 1.807) is 17.8 Å². The number of hydrogen-bond acceptors (Lipinski definition) is 2. The standard InChI is InChI=1S/C19H19ClOS/c1-22-18-12-10-16(14-17(18)11-13-19(20)21)9-5-8-15-6-3-2-4-7-15/h2-4,6-7,10-14H,5,8-9H2,1H3/b13-11+. The molecule has 0 spiro atoms. The molecule has 0 aliphatic carbocycles. The Labute approximate surface area is 141 Å². The predicted molar refractivity (Wildman–Crippen MR) is 96.6 cm³/mol. The summed E-state index contributed by atoms with van der Waals surface area (Å²) in [5.74, 6) is 0. The Morgan fingerprint density at radius 1 is 1.09 bits per heavy atom. The molecule has 0 atom stereocenters. The van der Waals surface area contributed by atoms with Crippen molar-refractivity contribution in [3.63, 3.8) is 0 Å². The van der Waals surface area contributed by atoms with Gasteiger partial charge in [0.2, 0.25) is 5.24 Å². The summed E-state index contributed by atoms with van der Waals surface area (Å²) < 4.78 is 0. The lowest BCUT2D eigenvalue weighted by Gasteiger charge is -2.07. The molecule has 2 aromatic carbocycles. The van der Waals surface area contributed by atoms with Gasteiger partial charge in [-0.2, -0.15) is 0 Å². The van der Waals surface area contributed by atoms with Crippen LogP contribution < -0.4 is 0 Å². The maximum absolute atomic E-state index is 10.9. The van der Waals surface area contributed by atoms with E-state index in [2.05, 4.69) is 42.5 Å². The second-order valence-corrected chi connectivity index (χ2v) is 6.27. The van der Waals surface area contributed by atoms with E-state index in [1.807, 2.05) is 12.3 Å². The third-order valence-corrected chi connectivity index (χ3v) is 4.40. The quantitative estimate of drug-likeness (QED) is 0.386. The fourth-order valence-electron chi connectivity index (χ4n) is 2.37. The van der Waals surface area contributed by atoms with E-state index in [9.17, 15) is 4.79 Å². The number of carbonyl (C=O) groups excluding carboxylic acids is 1. The normalized spacial score (nSPS) is 11.0. The van der Waals surface area contributed by atoms with Gasteiger partial charge in [0.15, 0.2) is 0 Å². The molecular formula is C19H19ClOS. The lowest BCUT2D eigenvalue weighted by atomic mass is 10.0. The van der Waals surface area contributed by atoms with Gasteiger partial charge < -0.3 is 0 Å². The molecule has 0 fully saturated rings. The first-order valence-corrected chi connectivity index (χ1v) is 8.87. The Bertz CT molecular complexity index is 650. The molecule has 0 amide bonds. The third-order valence-electron chi connectivity index (χ3n) is 3.46. The molecule has 0 heterocycles. The smallest absolute Gasteiger partial charge is 0.245 e. The molecule has 0 saturated heterocycles. The molecule has 0 aliphatic heterocycles. The second-order valence-electron chi connectivity index (χ2n) is 5.05. The molecule has 3 heteroatoms. The fourth-order valence-corrected chi connectivity index (χ4v) is 3.00. The highest BCUT2D eigenvalue weighted by molar-refractivity contribution is 7.98. The molecule has 0 aromatic heterocycles. The molecule has 0 bridgehead atoms. The van der Waals surface area contributed by atoms with Gasteiger partial charge in [-0.3, -0.25) is 4.79 Å². The Kier molecular flexibility index (Phi) is 6.75. The number of rotatable bonds is 7. The molecule has 22 heavy (non-hydrogen) atoms. The Morgan fingerprint density at radius 2 is 1.82 bits per heavy atom. The van der Waals surface area contributed by atoms with Gasteiger partial charge in [-0.25, -0.2) is 0 Å². The summed E-state index contributed by atoms with van der Waals surface area (Å²) in [7, 11) is 0. The van der Waals surface area contributed by atoms with E-state index in [-0.39, 0.29) is 0 Å². The summed E-state index contributed by atoms with van der Waals surface area (Å²) in [5, 5.41) is -0.443. The molecule has 2 rings (SSSR count). The maximum atomic E-state index is 10.9. The monoisotopic (exact) mass is 330 g/mol. The van der Waals surface area contributed by atoms with Crippen molar-refractivity contribution >= 4 is 34.7 Å². The molecule has 2 aromatic rings. The largest absolute Gasteiger partial charge is 0.276 e. The van der Waals surface area contributed by atoms with Crippen LogP contribution in [0.3, 0.4) is 0 Å². The van der Waals surface area contributed by atoms with E-state index >= 15 is 0 Å². The lowest BCUT2D eigenvalue weighted by molar-refractivity contribution is -0.107. The zero-order valence-corrected chi connectivity index (χ0v) is 14.2. The van der Waals surface area contributed by atoms with Gasteiger partial charge in [0.05, 0.1) is 0 Å². The fraction of sp³-hybridized carbons (Fsp3) is 0.211. The van der Waals surface area contributed by atoms with Crippen molar-refractivity contribution in [1.82, 2.24) is 0 Å². The molecular weight excluding hydrogens is 312 g/mol. The zero-order chi connectivity index (χ0) is 15.8. The van der Waals surface area contributed by atoms with Crippen LogP contribution in [0.1, 0.15) is 23.1 Å². The number of thioether (sulfide) groups is 1. The highest BCUT2D eigenvalue weighted by Gasteiger charge is 2.02. The predicted octanol–water partition coefficient (Wildman–Crippen LogP) is 5.36. The van der Waals surface area contributed by atoms with Crippen LogP contribution in [-0.2, 0) is 17.6 Å². The van der Waals surface area contributed by atoms with E-state index in [0.29, 0.717) is 0 Å². The average Bonchev–Trinajstić information content (AvgIpc) is 2.54. The van der Waals surface area contributed by atoms with E-state index in [4.69, 9.17) is 11.6 Å². The van der Waals surface area contributed by atoms with Gasteiger partial charge in [0, 0.05) is 4.90 Å². The molecule has 1 nitrogen and oxygen atoms in total. The van der Waals surface area contributed by atoms with Crippen LogP contribution in [0.2, 0.25) is 0 Å². The minimum atomic E-state index is -0.443. The Hall–Kier alpha value is -1.51. The maximum Gasteiger partial charge on any atom is 0.245 e. The van der Waals surface area contributed by atoms with Crippen molar-refractivity contribution in [3.05, 3.63) is 71.3 Å². The van der Waals surface area contributed by atoms with Crippen LogP contribution in [-0.4, -0.2) is 11.5 Å². The minimum Gasteiger partial charge on any atom is -0.276 e. The van der Waals surface area contributed by atoms with Crippen LogP contribution >= 0.6 is 23.4 Å². The summed E-state index contributed by atoms with van der Waals surface area (Å²) in [6, 6.07) is 16.9. The van der Waals surface area contributed by atoms with E-state index in [0.717, 1.165) is 29.7 Å². The van der Waals surface area contributed by atoms with Gasteiger partial charge in [-0.15, -0.1) is 11.8 Å². The Morgan fingerprint density at radius 3 is 2.50 bits per heavy atom. The first-order valence-electron chi connectivity index (χ1n) is 7.27. The molecule has 0 saturated carbocycles. The summed E-state index contributed by atoms with van der Waals surface area (Å²) in [5.41, 5.74) is 3.71. The number of halogens is 1. The summed E-state index contributed by atoms with van der Waals surface area (Å²) in [6.07, 6.45) is 8.45. The van der Waals surface area contributed by atoms with Gasteiger partial charge in [-0.05, 0) is 72.0 Å². The number of carbonyl (C=O) groups is 1. The van der Waals surface area contributed by atoms with Crippen LogP contribution in [0.15, 0.2) is 59.5 Å². The first kappa shape index (κ1) is 16.9. The Balaban J connectivity index is 2.02. The molecule has 0 aliphatic rings. The van der Waals surface area contributed by atoms with Crippen molar-refractivity contribution < 1.29 is 4.79 Å². The van der Waals surface area contributed by atoms with Gasteiger partial charge in [0.1, 0.15) is 0 Å². The van der Waals surface area contributed by atoms with Crippen molar-refractivity contribution in [2.24, 2.45) is 0 Å². The van der Waals surface area contributed by atoms with Crippen LogP contribution in [0.5, 0.6) is 0 Å². The van der Waals surface area contributed by atoms with Gasteiger partial charge >= 0.3 is 0 Å². The highest BCUT2D eigenvalue weighted by Crippen LogP contribution is 2.24. The summed E-state index contributed by atoms with van der Waals surface area (Å²) in [6.45, 7) is 0. The first-order chi connectivity index (χ1) is 10.7. The number of hydrogen-bond donors (Lipinski definition) is 0. The number of allylic oxidation sites excluding steroid dienone is 1. The van der Waals surface area contributed by atoms with Crippen molar-refractivity contribution in [2.75, 3.05) is 6.26 Å². The van der Waals surface area contributed by atoms with Crippen LogP contribution in [0.4, 0.5) is 0 Å². The SMILES string of the molecule is CSc1ccc(CCCc2ccccc2)cc1/C=C/C(=O)Cl. The van der Waals surface area contributed by atoms with Crippen LogP contribution in [0.25, 0.3) is 6.08 Å². The average molecular weight is 331 g/mol. The third kappa shape index (κ3) is 5.36. The van der Waals surface area contributed by atoms with Crippen molar-refractivity contribution in [3.8, 4) is 0 Å². The highest BCUT2D eigenvalue weighted by atomic mass is 35.5. The molecule has 0 unspecified atom stereocenters. The molecule has 0 radical (unpaired) electrons. The van der Waals surface area contributed by atoms with Gasteiger partial charge in [0.25, 0.3) is 0 Å². The number of aryl methyl sites for hydroxylation is 2. The van der Waals surface area contributed by atoms with E-state index < -0.39 is 5.24 Å². The second kappa shape index (κ2) is 8.82. The van der Waals surface area contributed by atoms with E-state index in [1.165, 1.54) is 17.2 Å². The van der Waals surface area contributed by atoms with Crippen molar-refractivity contribution in [1.29, 1.82) is 0 Å². The summed E-state index contributed by atoms with van der Waals surface area (Å²) in [4.78, 5) is 12.1. The number of benzene rings is 2. The zero-order valence-electron chi connectivity index (χ0n) is 12.6. The van der Waals surface area contributed by atoms with Crippen LogP contribution in [0, 0.1) is 0 Å². The summed E-state index contributed by atoms with van der Waals surface area (Å²) >= 11 is 7.05. The molecule has 114 valence electrons. The van der Waals surface area contributed by atoms with Crippen molar-refractivity contribution in [2.45, 2.75) is 24.2 Å². The minimum absolute atomic E-state index is 0.443. The molecule has 0 N–H and O–H groups in total.